The lowest BCUT2D eigenvalue weighted by molar-refractivity contribution is -0.138. The molecule has 0 bridgehead atoms. The molecule has 2 rings (SSSR count). The zero-order chi connectivity index (χ0) is 12.8. The summed E-state index contributed by atoms with van der Waals surface area (Å²) in [5.74, 6) is 0.634. The second-order valence-corrected chi connectivity index (χ2v) is 6.22. The van der Waals surface area contributed by atoms with Gasteiger partial charge in [0, 0.05) is 19.5 Å². The molecule has 18 heavy (non-hydrogen) atoms. The molecule has 1 atom stereocenters. The van der Waals surface area contributed by atoms with E-state index in [1.807, 2.05) is 0 Å². The van der Waals surface area contributed by atoms with Crippen molar-refractivity contribution in [2.45, 2.75) is 57.8 Å². The Balaban J connectivity index is 1.75. The first-order valence-electron chi connectivity index (χ1n) is 7.68. The highest BCUT2D eigenvalue weighted by Gasteiger charge is 2.24. The maximum atomic E-state index is 10.8. The van der Waals surface area contributed by atoms with Gasteiger partial charge >= 0.3 is 5.97 Å². The van der Waals surface area contributed by atoms with E-state index in [4.69, 9.17) is 5.11 Å². The minimum absolute atomic E-state index is 0.362. The van der Waals surface area contributed by atoms with E-state index in [1.165, 1.54) is 58.0 Å². The van der Waals surface area contributed by atoms with Gasteiger partial charge in [-0.15, -0.1) is 0 Å². The smallest absolute Gasteiger partial charge is 0.303 e. The first kappa shape index (κ1) is 13.9. The minimum Gasteiger partial charge on any atom is -0.481 e. The first-order valence-corrected chi connectivity index (χ1v) is 7.68. The monoisotopic (exact) mass is 253 g/mol. The summed E-state index contributed by atoms with van der Waals surface area (Å²) < 4.78 is 0. The highest BCUT2D eigenvalue weighted by Crippen LogP contribution is 2.26. The van der Waals surface area contributed by atoms with E-state index in [0.717, 1.165) is 18.9 Å². The number of piperidine rings is 1. The van der Waals surface area contributed by atoms with Crippen molar-refractivity contribution < 1.29 is 9.90 Å². The third-order valence-electron chi connectivity index (χ3n) is 4.56. The number of carboxylic acid groups (broad SMARTS) is 1. The van der Waals surface area contributed by atoms with Crippen LogP contribution in [0.2, 0.25) is 0 Å². The fourth-order valence-corrected chi connectivity index (χ4v) is 3.64. The standard InChI is InChI=1S/C15H27NO2/c17-15(18)10-14-8-5-9-16(12-14)11-13-6-3-1-2-4-7-13/h13-14H,1-12H2,(H,17,18). The van der Waals surface area contributed by atoms with Gasteiger partial charge in [-0.1, -0.05) is 25.7 Å². The molecule has 3 heteroatoms. The Morgan fingerprint density at radius 1 is 1.00 bits per heavy atom. The van der Waals surface area contributed by atoms with Crippen molar-refractivity contribution in [3.63, 3.8) is 0 Å². The molecular weight excluding hydrogens is 226 g/mol. The molecule has 1 heterocycles. The summed E-state index contributed by atoms with van der Waals surface area (Å²) in [4.78, 5) is 13.3. The molecule has 104 valence electrons. The van der Waals surface area contributed by atoms with Gasteiger partial charge in [-0.2, -0.15) is 0 Å². The maximum Gasteiger partial charge on any atom is 0.303 e. The van der Waals surface area contributed by atoms with Crippen LogP contribution in [0.3, 0.4) is 0 Å². The number of hydrogen-bond donors (Lipinski definition) is 1. The maximum absolute atomic E-state index is 10.8. The summed E-state index contributed by atoms with van der Waals surface area (Å²) in [5.41, 5.74) is 0. The molecule has 1 aliphatic carbocycles. The zero-order valence-electron chi connectivity index (χ0n) is 11.4. The lowest BCUT2D eigenvalue weighted by Gasteiger charge is -2.34. The largest absolute Gasteiger partial charge is 0.481 e. The highest BCUT2D eigenvalue weighted by atomic mass is 16.4. The number of carbonyl (C=O) groups is 1. The van der Waals surface area contributed by atoms with Gasteiger partial charge in [0.25, 0.3) is 0 Å². The summed E-state index contributed by atoms with van der Waals surface area (Å²) in [5, 5.41) is 8.89. The highest BCUT2D eigenvalue weighted by molar-refractivity contribution is 5.67. The van der Waals surface area contributed by atoms with E-state index in [0.29, 0.717) is 12.3 Å². The molecule has 0 spiro atoms. The Morgan fingerprint density at radius 3 is 2.33 bits per heavy atom. The van der Waals surface area contributed by atoms with Gasteiger partial charge in [0.1, 0.15) is 0 Å². The lowest BCUT2D eigenvalue weighted by atomic mass is 9.92. The van der Waals surface area contributed by atoms with Crippen molar-refractivity contribution in [2.75, 3.05) is 19.6 Å². The van der Waals surface area contributed by atoms with Crippen LogP contribution in [-0.2, 0) is 4.79 Å². The summed E-state index contributed by atoms with van der Waals surface area (Å²) >= 11 is 0. The van der Waals surface area contributed by atoms with Gasteiger partial charge in [0.15, 0.2) is 0 Å². The third kappa shape index (κ3) is 4.60. The van der Waals surface area contributed by atoms with Crippen LogP contribution in [0.4, 0.5) is 0 Å². The Hall–Kier alpha value is -0.570. The summed E-state index contributed by atoms with van der Waals surface area (Å²) in [6, 6.07) is 0. The van der Waals surface area contributed by atoms with Gasteiger partial charge in [-0.25, -0.2) is 0 Å². The number of hydrogen-bond acceptors (Lipinski definition) is 2. The van der Waals surface area contributed by atoms with Crippen LogP contribution >= 0.6 is 0 Å². The van der Waals surface area contributed by atoms with Gasteiger partial charge in [-0.3, -0.25) is 4.79 Å². The molecule has 1 saturated heterocycles. The molecule has 1 aliphatic heterocycles. The van der Waals surface area contributed by atoms with Gasteiger partial charge in [0.2, 0.25) is 0 Å². The molecule has 0 aromatic heterocycles. The van der Waals surface area contributed by atoms with Crippen molar-refractivity contribution in [1.82, 2.24) is 4.90 Å². The average Bonchev–Trinajstić information content (AvgIpc) is 2.57. The van der Waals surface area contributed by atoms with Gasteiger partial charge in [-0.05, 0) is 44.1 Å². The number of nitrogens with zero attached hydrogens (tertiary/aromatic N) is 1. The lowest BCUT2D eigenvalue weighted by Crippen LogP contribution is -2.39. The van der Waals surface area contributed by atoms with Crippen LogP contribution in [0.25, 0.3) is 0 Å². The van der Waals surface area contributed by atoms with Crippen LogP contribution in [0.5, 0.6) is 0 Å². The first-order chi connectivity index (χ1) is 8.74. The van der Waals surface area contributed by atoms with Crippen molar-refractivity contribution in [2.24, 2.45) is 11.8 Å². The molecule has 0 aromatic carbocycles. The predicted molar refractivity (Wildman–Crippen MR) is 72.6 cm³/mol. The Labute approximate surface area is 111 Å². The molecule has 1 saturated carbocycles. The second-order valence-electron chi connectivity index (χ2n) is 6.22. The molecule has 2 fully saturated rings. The van der Waals surface area contributed by atoms with Crippen molar-refractivity contribution in [3.05, 3.63) is 0 Å². The average molecular weight is 253 g/mol. The Kier molecular flexibility index (Phi) is 5.48. The number of carboxylic acids is 1. The van der Waals surface area contributed by atoms with Crippen molar-refractivity contribution in [1.29, 1.82) is 0 Å². The fourth-order valence-electron chi connectivity index (χ4n) is 3.64. The van der Waals surface area contributed by atoms with E-state index in [2.05, 4.69) is 4.90 Å². The number of aliphatic carboxylic acids is 1. The molecule has 0 aromatic rings. The predicted octanol–water partition coefficient (Wildman–Crippen LogP) is 3.14. The second kappa shape index (κ2) is 7.13. The molecular formula is C15H27NO2. The fraction of sp³-hybridized carbons (Fsp3) is 0.933. The SMILES string of the molecule is O=C(O)CC1CCCN(CC2CCCCCC2)C1. The van der Waals surface area contributed by atoms with Gasteiger partial charge < -0.3 is 10.0 Å². The van der Waals surface area contributed by atoms with Crippen LogP contribution in [0, 0.1) is 11.8 Å². The topological polar surface area (TPSA) is 40.5 Å². The normalized spacial score (nSPS) is 27.9. The van der Waals surface area contributed by atoms with E-state index in [9.17, 15) is 4.79 Å². The van der Waals surface area contributed by atoms with E-state index in [-0.39, 0.29) is 0 Å². The van der Waals surface area contributed by atoms with Crippen LogP contribution in [0.15, 0.2) is 0 Å². The summed E-state index contributed by atoms with van der Waals surface area (Å²) in [6.45, 7) is 3.42. The van der Waals surface area contributed by atoms with Crippen LogP contribution in [-0.4, -0.2) is 35.6 Å². The van der Waals surface area contributed by atoms with Crippen LogP contribution in [0.1, 0.15) is 57.8 Å². The molecule has 0 amide bonds. The van der Waals surface area contributed by atoms with E-state index < -0.39 is 5.97 Å². The summed E-state index contributed by atoms with van der Waals surface area (Å²) in [7, 11) is 0. The zero-order valence-corrected chi connectivity index (χ0v) is 11.4. The van der Waals surface area contributed by atoms with E-state index in [1.54, 1.807) is 0 Å². The Morgan fingerprint density at radius 2 is 1.67 bits per heavy atom. The Bertz CT molecular complexity index is 259. The van der Waals surface area contributed by atoms with Gasteiger partial charge in [0.05, 0.1) is 0 Å². The number of likely N-dealkylation sites (tertiary alicyclic amines) is 1. The quantitative estimate of drug-likeness (QED) is 0.782. The van der Waals surface area contributed by atoms with E-state index >= 15 is 0 Å². The molecule has 1 unspecified atom stereocenters. The minimum atomic E-state index is -0.628. The van der Waals surface area contributed by atoms with Crippen molar-refractivity contribution in [3.8, 4) is 0 Å². The third-order valence-corrected chi connectivity index (χ3v) is 4.56. The summed E-state index contributed by atoms with van der Waals surface area (Å²) in [6.07, 6.45) is 11.1. The molecule has 3 nitrogen and oxygen atoms in total. The molecule has 1 N–H and O–H groups in total. The molecule has 0 radical (unpaired) electrons. The number of rotatable bonds is 4. The molecule has 2 aliphatic rings. The van der Waals surface area contributed by atoms with Crippen molar-refractivity contribution >= 4 is 5.97 Å². The van der Waals surface area contributed by atoms with Crippen LogP contribution < -0.4 is 0 Å².